The predicted octanol–water partition coefficient (Wildman–Crippen LogP) is 2.64. The van der Waals surface area contributed by atoms with Crippen molar-refractivity contribution in [1.82, 2.24) is 10.2 Å². The molecule has 108 valence electrons. The SMILES string of the molecule is CCC(NC1CCC(=O)N(C)C1=O)c1ccc(Br)cc1. The molecule has 1 aliphatic rings. The first-order valence-corrected chi connectivity index (χ1v) is 7.64. The number of likely N-dealkylation sites (N-methyl/N-ethyl adjacent to an activating group) is 1. The van der Waals surface area contributed by atoms with Gasteiger partial charge < -0.3 is 0 Å². The summed E-state index contributed by atoms with van der Waals surface area (Å²) in [4.78, 5) is 24.8. The van der Waals surface area contributed by atoms with Gasteiger partial charge in [-0.1, -0.05) is 35.0 Å². The van der Waals surface area contributed by atoms with Gasteiger partial charge in [-0.3, -0.25) is 19.8 Å². The maximum absolute atomic E-state index is 12.1. The minimum atomic E-state index is -0.272. The number of nitrogens with zero attached hydrogens (tertiary/aromatic N) is 1. The van der Waals surface area contributed by atoms with Crippen molar-refractivity contribution in [3.63, 3.8) is 0 Å². The molecule has 0 aromatic heterocycles. The van der Waals surface area contributed by atoms with Crippen LogP contribution in [-0.2, 0) is 9.59 Å². The minimum absolute atomic E-state index is 0.0928. The Kier molecular flexibility index (Phi) is 4.94. The van der Waals surface area contributed by atoms with Gasteiger partial charge >= 0.3 is 0 Å². The van der Waals surface area contributed by atoms with Gasteiger partial charge in [-0.15, -0.1) is 0 Å². The zero-order valence-electron chi connectivity index (χ0n) is 11.7. The van der Waals surface area contributed by atoms with E-state index in [-0.39, 0.29) is 23.9 Å². The lowest BCUT2D eigenvalue weighted by molar-refractivity contribution is -0.148. The highest BCUT2D eigenvalue weighted by atomic mass is 79.9. The molecule has 2 unspecified atom stereocenters. The van der Waals surface area contributed by atoms with Gasteiger partial charge in [-0.25, -0.2) is 0 Å². The van der Waals surface area contributed by atoms with E-state index < -0.39 is 0 Å². The van der Waals surface area contributed by atoms with Gasteiger partial charge in [0.1, 0.15) is 0 Å². The molecule has 2 amide bonds. The van der Waals surface area contributed by atoms with E-state index in [1.165, 1.54) is 4.90 Å². The molecule has 1 aromatic carbocycles. The second-order valence-corrected chi connectivity index (χ2v) is 5.98. The number of hydrogen-bond acceptors (Lipinski definition) is 3. The first kappa shape index (κ1) is 15.2. The maximum Gasteiger partial charge on any atom is 0.246 e. The van der Waals surface area contributed by atoms with E-state index in [1.54, 1.807) is 7.05 Å². The Hall–Kier alpha value is -1.20. The fraction of sp³-hybridized carbons (Fsp3) is 0.467. The number of carbonyl (C=O) groups excluding carboxylic acids is 2. The molecule has 1 N–H and O–H groups in total. The molecule has 20 heavy (non-hydrogen) atoms. The second-order valence-electron chi connectivity index (χ2n) is 5.06. The van der Waals surface area contributed by atoms with Gasteiger partial charge in [0.25, 0.3) is 0 Å². The zero-order valence-corrected chi connectivity index (χ0v) is 13.3. The average Bonchev–Trinajstić information content (AvgIpc) is 2.45. The quantitative estimate of drug-likeness (QED) is 0.858. The second kappa shape index (κ2) is 6.50. The van der Waals surface area contributed by atoms with E-state index in [1.807, 2.05) is 24.3 Å². The summed E-state index contributed by atoms with van der Waals surface area (Å²) in [5.41, 5.74) is 1.16. The van der Waals surface area contributed by atoms with Gasteiger partial charge in [0.15, 0.2) is 0 Å². The van der Waals surface area contributed by atoms with Crippen molar-refractivity contribution < 1.29 is 9.59 Å². The molecular weight excluding hydrogens is 320 g/mol. The van der Waals surface area contributed by atoms with Gasteiger partial charge in [0, 0.05) is 24.0 Å². The summed E-state index contributed by atoms with van der Waals surface area (Å²) in [6, 6.07) is 7.95. The van der Waals surface area contributed by atoms with Crippen molar-refractivity contribution >= 4 is 27.7 Å². The van der Waals surface area contributed by atoms with Crippen molar-refractivity contribution in [2.24, 2.45) is 0 Å². The van der Waals surface area contributed by atoms with Crippen LogP contribution in [0.15, 0.2) is 28.7 Å². The minimum Gasteiger partial charge on any atom is -0.299 e. The summed E-state index contributed by atoms with van der Waals surface area (Å²) in [5.74, 6) is -0.221. The lowest BCUT2D eigenvalue weighted by Crippen LogP contribution is -2.52. The number of rotatable bonds is 4. The Morgan fingerprint density at radius 2 is 2.00 bits per heavy atom. The molecule has 2 rings (SSSR count). The summed E-state index contributed by atoms with van der Waals surface area (Å²) in [6.45, 7) is 2.09. The number of amides is 2. The fourth-order valence-electron chi connectivity index (χ4n) is 2.46. The molecule has 0 spiro atoms. The normalized spacial score (nSPS) is 21.1. The number of benzene rings is 1. The van der Waals surface area contributed by atoms with Crippen LogP contribution in [0.4, 0.5) is 0 Å². The Bertz CT molecular complexity index is 501. The van der Waals surface area contributed by atoms with Gasteiger partial charge in [-0.05, 0) is 30.5 Å². The fourth-order valence-corrected chi connectivity index (χ4v) is 2.72. The highest BCUT2D eigenvalue weighted by Gasteiger charge is 2.32. The standard InChI is InChI=1S/C15H19BrN2O2/c1-3-12(10-4-6-11(16)7-5-10)17-13-8-9-14(19)18(2)15(13)20/h4-7,12-13,17H,3,8-9H2,1-2H3. The third-order valence-corrected chi connectivity index (χ3v) is 4.26. The van der Waals surface area contributed by atoms with Crippen molar-refractivity contribution in [1.29, 1.82) is 0 Å². The molecular formula is C15H19BrN2O2. The van der Waals surface area contributed by atoms with Crippen molar-refractivity contribution in [2.75, 3.05) is 7.05 Å². The number of imide groups is 1. The maximum atomic E-state index is 12.1. The molecule has 2 atom stereocenters. The average molecular weight is 339 g/mol. The van der Waals surface area contributed by atoms with E-state index in [9.17, 15) is 9.59 Å². The zero-order chi connectivity index (χ0) is 14.7. The molecule has 1 aliphatic heterocycles. The van der Waals surface area contributed by atoms with Crippen LogP contribution in [-0.4, -0.2) is 29.8 Å². The van der Waals surface area contributed by atoms with Crippen LogP contribution in [0.1, 0.15) is 37.8 Å². The van der Waals surface area contributed by atoms with Crippen molar-refractivity contribution in [3.8, 4) is 0 Å². The first-order chi connectivity index (χ1) is 9.52. The summed E-state index contributed by atoms with van der Waals surface area (Å²) in [6.07, 6.45) is 1.90. The number of likely N-dealkylation sites (tertiary alicyclic amines) is 1. The Balaban J connectivity index is 2.08. The number of nitrogens with one attached hydrogen (secondary N) is 1. The first-order valence-electron chi connectivity index (χ1n) is 6.84. The lowest BCUT2D eigenvalue weighted by atomic mass is 9.99. The lowest BCUT2D eigenvalue weighted by Gasteiger charge is -2.31. The highest BCUT2D eigenvalue weighted by Crippen LogP contribution is 2.22. The predicted molar refractivity (Wildman–Crippen MR) is 81.1 cm³/mol. The Morgan fingerprint density at radius 3 is 2.60 bits per heavy atom. The van der Waals surface area contributed by atoms with Gasteiger partial charge in [-0.2, -0.15) is 0 Å². The molecule has 0 aliphatic carbocycles. The van der Waals surface area contributed by atoms with Crippen LogP contribution in [0, 0.1) is 0 Å². The molecule has 0 bridgehead atoms. The van der Waals surface area contributed by atoms with Gasteiger partial charge in [0.2, 0.25) is 11.8 Å². The topological polar surface area (TPSA) is 49.4 Å². The van der Waals surface area contributed by atoms with Crippen LogP contribution in [0.5, 0.6) is 0 Å². The smallest absolute Gasteiger partial charge is 0.246 e. The third-order valence-electron chi connectivity index (χ3n) is 3.73. The largest absolute Gasteiger partial charge is 0.299 e. The number of piperidine rings is 1. The van der Waals surface area contributed by atoms with Crippen LogP contribution < -0.4 is 5.32 Å². The van der Waals surface area contributed by atoms with E-state index in [2.05, 4.69) is 28.2 Å². The summed E-state index contributed by atoms with van der Waals surface area (Å²) in [7, 11) is 1.55. The number of halogens is 1. The van der Waals surface area contributed by atoms with Crippen LogP contribution in [0.25, 0.3) is 0 Å². The number of carbonyl (C=O) groups is 2. The van der Waals surface area contributed by atoms with E-state index >= 15 is 0 Å². The molecule has 1 heterocycles. The molecule has 5 heteroatoms. The van der Waals surface area contributed by atoms with Crippen molar-refractivity contribution in [3.05, 3.63) is 34.3 Å². The van der Waals surface area contributed by atoms with Crippen LogP contribution in [0.3, 0.4) is 0 Å². The summed E-state index contributed by atoms with van der Waals surface area (Å²) < 4.78 is 1.04. The molecule has 1 fully saturated rings. The summed E-state index contributed by atoms with van der Waals surface area (Å²) >= 11 is 3.42. The molecule has 0 saturated carbocycles. The Morgan fingerprint density at radius 1 is 1.35 bits per heavy atom. The molecule has 0 radical (unpaired) electrons. The molecule has 1 saturated heterocycles. The Labute approximate surface area is 127 Å². The molecule has 1 aromatic rings. The summed E-state index contributed by atoms with van der Waals surface area (Å²) in [5, 5.41) is 3.38. The van der Waals surface area contributed by atoms with E-state index in [0.29, 0.717) is 12.8 Å². The monoisotopic (exact) mass is 338 g/mol. The molecule has 4 nitrogen and oxygen atoms in total. The van der Waals surface area contributed by atoms with Crippen molar-refractivity contribution in [2.45, 2.75) is 38.3 Å². The third kappa shape index (κ3) is 3.27. The van der Waals surface area contributed by atoms with E-state index in [4.69, 9.17) is 0 Å². The van der Waals surface area contributed by atoms with Crippen LogP contribution in [0.2, 0.25) is 0 Å². The van der Waals surface area contributed by atoms with E-state index in [0.717, 1.165) is 16.5 Å². The number of hydrogen-bond donors (Lipinski definition) is 1. The highest BCUT2D eigenvalue weighted by molar-refractivity contribution is 9.10. The van der Waals surface area contributed by atoms with Gasteiger partial charge in [0.05, 0.1) is 6.04 Å². The van der Waals surface area contributed by atoms with Crippen LogP contribution >= 0.6 is 15.9 Å².